The van der Waals surface area contributed by atoms with Crippen molar-refractivity contribution >= 4 is 23.2 Å². The third-order valence-electron chi connectivity index (χ3n) is 2.06. The topological polar surface area (TPSA) is 17.8 Å². The van der Waals surface area contributed by atoms with E-state index in [0.717, 1.165) is 5.69 Å². The van der Waals surface area contributed by atoms with Gasteiger partial charge in [0.1, 0.15) is 0 Å². The highest BCUT2D eigenvalue weighted by atomic mass is 35.5. The predicted octanol–water partition coefficient (Wildman–Crippen LogP) is 2.80. The number of aromatic nitrogens is 2. The normalized spacial score (nSPS) is 16.1. The zero-order chi connectivity index (χ0) is 9.30. The van der Waals surface area contributed by atoms with Crippen molar-refractivity contribution in [1.82, 2.24) is 9.78 Å². The first-order valence-corrected chi connectivity index (χ1v) is 4.67. The summed E-state index contributed by atoms with van der Waals surface area (Å²) in [7, 11) is 1.87. The number of hydrogen-bond donors (Lipinski definition) is 0. The molecule has 2 unspecified atom stereocenters. The molecule has 1 heterocycles. The Kier molecular flexibility index (Phi) is 3.02. The molecule has 68 valence electrons. The van der Waals surface area contributed by atoms with Crippen molar-refractivity contribution in [2.24, 2.45) is 7.05 Å². The Morgan fingerprint density at radius 2 is 2.08 bits per heavy atom. The second-order valence-corrected chi connectivity index (χ2v) is 4.06. The lowest BCUT2D eigenvalue weighted by Gasteiger charge is -2.14. The van der Waals surface area contributed by atoms with Gasteiger partial charge in [0, 0.05) is 18.3 Å². The van der Waals surface area contributed by atoms with E-state index in [1.54, 1.807) is 10.9 Å². The van der Waals surface area contributed by atoms with E-state index in [4.69, 9.17) is 23.2 Å². The van der Waals surface area contributed by atoms with Crippen LogP contribution in [0.4, 0.5) is 0 Å². The standard InChI is InChI=1S/C8H12Cl2N2/c1-5(6(2)9)8-7(10)4-11-12(8)3/h4-6H,1-3H3. The average Bonchev–Trinajstić information content (AvgIpc) is 2.30. The molecule has 0 saturated carbocycles. The monoisotopic (exact) mass is 206 g/mol. The van der Waals surface area contributed by atoms with Gasteiger partial charge in [-0.05, 0) is 6.92 Å². The largest absolute Gasteiger partial charge is 0.271 e. The summed E-state index contributed by atoms with van der Waals surface area (Å²) in [6.45, 7) is 4.00. The van der Waals surface area contributed by atoms with Gasteiger partial charge in [0.25, 0.3) is 0 Å². The fraction of sp³-hybridized carbons (Fsp3) is 0.625. The third kappa shape index (κ3) is 1.75. The molecule has 4 heteroatoms. The van der Waals surface area contributed by atoms with Gasteiger partial charge in [-0.1, -0.05) is 18.5 Å². The van der Waals surface area contributed by atoms with Crippen LogP contribution in [0.15, 0.2) is 6.20 Å². The van der Waals surface area contributed by atoms with E-state index in [0.29, 0.717) is 5.02 Å². The fourth-order valence-electron chi connectivity index (χ4n) is 1.15. The van der Waals surface area contributed by atoms with Gasteiger partial charge in [-0.2, -0.15) is 5.10 Å². The van der Waals surface area contributed by atoms with Gasteiger partial charge in [-0.25, -0.2) is 0 Å². The lowest BCUT2D eigenvalue weighted by atomic mass is 10.1. The Morgan fingerprint density at radius 3 is 2.42 bits per heavy atom. The molecule has 0 amide bonds. The molecule has 0 aliphatic heterocycles. The average molecular weight is 207 g/mol. The summed E-state index contributed by atoms with van der Waals surface area (Å²) in [5.74, 6) is 0.228. The number of hydrogen-bond acceptors (Lipinski definition) is 1. The van der Waals surface area contributed by atoms with Gasteiger partial charge in [0.05, 0.1) is 16.9 Å². The molecule has 12 heavy (non-hydrogen) atoms. The lowest BCUT2D eigenvalue weighted by molar-refractivity contribution is 0.629. The highest BCUT2D eigenvalue weighted by molar-refractivity contribution is 6.31. The van der Waals surface area contributed by atoms with Crippen molar-refractivity contribution in [2.75, 3.05) is 0 Å². The molecule has 2 atom stereocenters. The van der Waals surface area contributed by atoms with Crippen molar-refractivity contribution in [3.63, 3.8) is 0 Å². The molecule has 0 aliphatic rings. The van der Waals surface area contributed by atoms with Crippen LogP contribution in [0.25, 0.3) is 0 Å². The summed E-state index contributed by atoms with van der Waals surface area (Å²) >= 11 is 11.9. The summed E-state index contributed by atoms with van der Waals surface area (Å²) in [5, 5.41) is 4.81. The van der Waals surface area contributed by atoms with Gasteiger partial charge in [0.15, 0.2) is 0 Å². The number of nitrogens with zero attached hydrogens (tertiary/aromatic N) is 2. The van der Waals surface area contributed by atoms with Gasteiger partial charge < -0.3 is 0 Å². The van der Waals surface area contributed by atoms with Gasteiger partial charge in [0.2, 0.25) is 0 Å². The molecule has 1 rings (SSSR count). The maximum absolute atomic E-state index is 5.96. The summed E-state index contributed by atoms with van der Waals surface area (Å²) < 4.78 is 1.77. The van der Waals surface area contributed by atoms with Crippen LogP contribution in [-0.4, -0.2) is 15.2 Å². The highest BCUT2D eigenvalue weighted by Crippen LogP contribution is 2.28. The van der Waals surface area contributed by atoms with E-state index in [1.165, 1.54) is 0 Å². The zero-order valence-corrected chi connectivity index (χ0v) is 8.89. The van der Waals surface area contributed by atoms with Crippen LogP contribution in [0.2, 0.25) is 5.02 Å². The van der Waals surface area contributed by atoms with Crippen molar-refractivity contribution in [2.45, 2.75) is 25.1 Å². The van der Waals surface area contributed by atoms with Crippen LogP contribution >= 0.6 is 23.2 Å². The molecule has 0 N–H and O–H groups in total. The van der Waals surface area contributed by atoms with Crippen LogP contribution < -0.4 is 0 Å². The maximum atomic E-state index is 5.96. The zero-order valence-electron chi connectivity index (χ0n) is 7.38. The molecular formula is C8H12Cl2N2. The van der Waals surface area contributed by atoms with Crippen molar-refractivity contribution < 1.29 is 0 Å². The number of aryl methyl sites for hydroxylation is 1. The van der Waals surface area contributed by atoms with Crippen LogP contribution in [0, 0.1) is 0 Å². The highest BCUT2D eigenvalue weighted by Gasteiger charge is 2.18. The van der Waals surface area contributed by atoms with Crippen LogP contribution in [0.1, 0.15) is 25.5 Å². The van der Waals surface area contributed by atoms with E-state index < -0.39 is 0 Å². The third-order valence-corrected chi connectivity index (χ3v) is 2.73. The van der Waals surface area contributed by atoms with Crippen LogP contribution in [0.3, 0.4) is 0 Å². The minimum Gasteiger partial charge on any atom is -0.271 e. The van der Waals surface area contributed by atoms with E-state index in [2.05, 4.69) is 5.10 Å². The number of rotatable bonds is 2. The molecule has 0 radical (unpaired) electrons. The summed E-state index contributed by atoms with van der Waals surface area (Å²) in [5.41, 5.74) is 0.999. The fourth-order valence-corrected chi connectivity index (χ4v) is 1.61. The predicted molar refractivity (Wildman–Crippen MR) is 51.9 cm³/mol. The van der Waals surface area contributed by atoms with E-state index in [1.807, 2.05) is 20.9 Å². The van der Waals surface area contributed by atoms with Gasteiger partial charge in [-0.3, -0.25) is 4.68 Å². The van der Waals surface area contributed by atoms with Crippen LogP contribution in [0.5, 0.6) is 0 Å². The summed E-state index contributed by atoms with van der Waals surface area (Å²) in [4.78, 5) is 0. The molecule has 2 nitrogen and oxygen atoms in total. The van der Waals surface area contributed by atoms with Crippen LogP contribution in [-0.2, 0) is 7.05 Å². The van der Waals surface area contributed by atoms with Crippen molar-refractivity contribution in [3.8, 4) is 0 Å². The van der Waals surface area contributed by atoms with E-state index in [-0.39, 0.29) is 11.3 Å². The molecule has 0 aliphatic carbocycles. The Hall–Kier alpha value is -0.210. The second kappa shape index (κ2) is 3.67. The van der Waals surface area contributed by atoms with Gasteiger partial charge >= 0.3 is 0 Å². The molecule has 0 aromatic carbocycles. The molecule has 1 aromatic rings. The van der Waals surface area contributed by atoms with Crippen molar-refractivity contribution in [3.05, 3.63) is 16.9 Å². The first-order chi connectivity index (χ1) is 5.54. The SMILES string of the molecule is CC(Cl)C(C)c1c(Cl)cnn1C. The minimum atomic E-state index is 0.0675. The Balaban J connectivity index is 3.00. The molecule has 0 saturated heterocycles. The summed E-state index contributed by atoms with van der Waals surface area (Å²) in [6.07, 6.45) is 1.65. The lowest BCUT2D eigenvalue weighted by Crippen LogP contribution is -2.10. The number of alkyl halides is 1. The Bertz CT molecular complexity index is 249. The summed E-state index contributed by atoms with van der Waals surface area (Å²) in [6, 6.07) is 0. The molecular weight excluding hydrogens is 195 g/mol. The van der Waals surface area contributed by atoms with E-state index in [9.17, 15) is 0 Å². The number of halogens is 2. The van der Waals surface area contributed by atoms with Gasteiger partial charge in [-0.15, -0.1) is 11.6 Å². The molecule has 0 spiro atoms. The van der Waals surface area contributed by atoms with E-state index >= 15 is 0 Å². The first-order valence-electron chi connectivity index (χ1n) is 3.85. The maximum Gasteiger partial charge on any atom is 0.0821 e. The quantitative estimate of drug-likeness (QED) is 0.682. The second-order valence-electron chi connectivity index (χ2n) is 2.97. The minimum absolute atomic E-state index is 0.0675. The first kappa shape index (κ1) is 9.87. The molecule has 0 bridgehead atoms. The Labute approximate surface area is 82.5 Å². The smallest absolute Gasteiger partial charge is 0.0821 e. The Morgan fingerprint density at radius 1 is 1.50 bits per heavy atom. The molecule has 0 fully saturated rings. The molecule has 1 aromatic heterocycles. The van der Waals surface area contributed by atoms with Crippen molar-refractivity contribution in [1.29, 1.82) is 0 Å².